The topological polar surface area (TPSA) is 235 Å². The predicted octanol–water partition coefficient (Wildman–Crippen LogP) is 6.34. The Morgan fingerprint density at radius 2 is 1.75 bits per heavy atom. The summed E-state index contributed by atoms with van der Waals surface area (Å²) < 4.78 is 31.4. The van der Waals surface area contributed by atoms with Gasteiger partial charge in [-0.3, -0.25) is 24.1 Å². The van der Waals surface area contributed by atoms with Gasteiger partial charge in [0.15, 0.2) is 6.10 Å². The number of nitrogens with two attached hydrogens (primary N) is 1. The Morgan fingerprint density at radius 1 is 1.03 bits per heavy atom. The van der Waals surface area contributed by atoms with Crippen LogP contribution in [0, 0.1) is 23.1 Å². The van der Waals surface area contributed by atoms with Crippen LogP contribution >= 0.6 is 11.3 Å². The normalized spacial score (nSPS) is 16.6. The molecule has 68 heavy (non-hydrogen) atoms. The number of aliphatic hydroxyl groups excluding tert-OH is 1. The van der Waals surface area contributed by atoms with Gasteiger partial charge in [-0.1, -0.05) is 72.8 Å². The number of carbonyl (C=O) groups excluding carboxylic acids is 4. The SMILES string of the molecule is CCCCCCN(C(=O)C(NC(=O)[C@H]1CCCCN1C)C(C)CC)C(CC(OC(=O)NCCOCCOCCO)c1nc(C(=O)N[C@@H](Cc2ccc(N)c(F)c2)CC(C)(C)C(=O)O)cs1)C(C)C. The highest BCUT2D eigenvalue weighted by atomic mass is 32.1. The number of halogens is 1. The van der Waals surface area contributed by atoms with E-state index in [1.54, 1.807) is 19.9 Å². The summed E-state index contributed by atoms with van der Waals surface area (Å²) in [5, 5.41) is 29.5. The van der Waals surface area contributed by atoms with E-state index in [4.69, 9.17) is 30.0 Å². The molecule has 4 amide bonds. The van der Waals surface area contributed by atoms with Crippen LogP contribution in [-0.2, 0) is 35.0 Å². The number of nitrogen functional groups attached to an aromatic ring is 1. The molecule has 3 rings (SSSR count). The van der Waals surface area contributed by atoms with Gasteiger partial charge in [-0.25, -0.2) is 14.2 Å². The number of anilines is 1. The molecule has 0 spiro atoms. The number of nitrogens with one attached hydrogen (secondary N) is 3. The number of unbranched alkanes of at least 4 members (excludes halogenated alkanes) is 3. The number of likely N-dealkylation sites (N-methyl/N-ethyl adjacent to an activating group) is 1. The first-order chi connectivity index (χ1) is 32.3. The Hall–Kier alpha value is -4.43. The van der Waals surface area contributed by atoms with Crippen LogP contribution in [0.1, 0.15) is 140 Å². The number of benzene rings is 1. The van der Waals surface area contributed by atoms with E-state index in [0.717, 1.165) is 56.4 Å². The van der Waals surface area contributed by atoms with Crippen LogP contribution in [0.25, 0.3) is 0 Å². The summed E-state index contributed by atoms with van der Waals surface area (Å²) in [6.45, 7) is 15.2. The molecule has 2 heterocycles. The molecule has 7 N–H and O–H groups in total. The predicted molar refractivity (Wildman–Crippen MR) is 261 cm³/mol. The highest BCUT2D eigenvalue weighted by Crippen LogP contribution is 2.33. The number of hydrogen-bond acceptors (Lipinski definition) is 13. The summed E-state index contributed by atoms with van der Waals surface area (Å²) >= 11 is 1.10. The summed E-state index contributed by atoms with van der Waals surface area (Å²) in [6, 6.07) is 1.90. The van der Waals surface area contributed by atoms with Gasteiger partial charge in [0.25, 0.3) is 5.91 Å². The van der Waals surface area contributed by atoms with Crippen molar-refractivity contribution in [1.82, 2.24) is 30.7 Å². The monoisotopic (exact) mass is 978 g/mol. The number of hydrogen-bond donors (Lipinski definition) is 6. The maximum Gasteiger partial charge on any atom is 0.407 e. The van der Waals surface area contributed by atoms with Gasteiger partial charge in [-0.2, -0.15) is 0 Å². The Bertz CT molecular complexity index is 1890. The summed E-state index contributed by atoms with van der Waals surface area (Å²) in [6.07, 6.45) is 5.30. The number of piperidine rings is 1. The van der Waals surface area contributed by atoms with Crippen molar-refractivity contribution in [1.29, 1.82) is 0 Å². The number of aromatic nitrogens is 1. The van der Waals surface area contributed by atoms with E-state index >= 15 is 4.79 Å². The minimum atomic E-state index is -1.25. The number of ether oxygens (including phenoxy) is 3. The molecule has 384 valence electrons. The fourth-order valence-electron chi connectivity index (χ4n) is 8.29. The van der Waals surface area contributed by atoms with Crippen molar-refractivity contribution < 1.29 is 52.8 Å². The van der Waals surface area contributed by atoms with Crippen LogP contribution in [0.4, 0.5) is 14.9 Å². The van der Waals surface area contributed by atoms with E-state index in [0.29, 0.717) is 30.0 Å². The van der Waals surface area contributed by atoms with Gasteiger partial charge in [-0.05, 0) is 89.1 Å². The summed E-state index contributed by atoms with van der Waals surface area (Å²) in [4.78, 5) is 77.3. The molecule has 1 aromatic carbocycles. The minimum absolute atomic E-state index is 0.00161. The van der Waals surface area contributed by atoms with Crippen molar-refractivity contribution >= 4 is 46.8 Å². The van der Waals surface area contributed by atoms with E-state index < -0.39 is 53.4 Å². The number of alkyl carbamates (subject to hydrolysis) is 1. The second-order valence-electron chi connectivity index (χ2n) is 19.0. The second-order valence-corrected chi connectivity index (χ2v) is 19.9. The molecule has 4 unspecified atom stereocenters. The average molecular weight is 978 g/mol. The number of carboxylic acid groups (broad SMARTS) is 1. The Balaban J connectivity index is 2.00. The molecule has 1 aromatic heterocycles. The third kappa shape index (κ3) is 18.8. The number of aliphatic hydroxyl groups is 1. The quantitative estimate of drug-likeness (QED) is 0.0358. The lowest BCUT2D eigenvalue weighted by atomic mass is 9.84. The molecule has 0 saturated carbocycles. The van der Waals surface area contributed by atoms with Crippen molar-refractivity contribution in [3.8, 4) is 0 Å². The zero-order chi connectivity index (χ0) is 50.4. The second kappa shape index (κ2) is 29.6. The van der Waals surface area contributed by atoms with E-state index in [9.17, 15) is 28.7 Å². The number of amides is 4. The van der Waals surface area contributed by atoms with Gasteiger partial charge in [0.05, 0.1) is 50.2 Å². The standard InChI is InChI=1S/C49H80FN7O10S/c1-9-11-12-14-21-57(46(61)42(33(5)10-2)55-44(60)39-16-13-15-20-56(39)8)40(32(3)4)29-41(67-48(64)52-19-23-65-25-26-66-24-22-58)45-54-38(31-68-45)43(59)53-35(30-49(6,7)47(62)63)27-34-17-18-37(51)36(50)28-34/h17-18,28,31-33,35,39-42,58H,9-16,19-27,29-30,51H2,1-8H3,(H,52,64)(H,53,59)(H,55,60)(H,62,63)/t33?,35-,39+,40?,41?,42?/m0/s1. The smallest absolute Gasteiger partial charge is 0.407 e. The molecule has 1 fully saturated rings. The molecule has 17 nitrogen and oxygen atoms in total. The van der Waals surface area contributed by atoms with Crippen LogP contribution in [-0.4, -0.2) is 139 Å². The Labute approximate surface area is 406 Å². The van der Waals surface area contributed by atoms with Crippen LogP contribution in [0.3, 0.4) is 0 Å². The van der Waals surface area contributed by atoms with E-state index in [2.05, 4.69) is 22.9 Å². The van der Waals surface area contributed by atoms with Gasteiger partial charge >= 0.3 is 12.1 Å². The van der Waals surface area contributed by atoms with E-state index in [-0.39, 0.29) is 99.9 Å². The maximum absolute atomic E-state index is 15.1. The van der Waals surface area contributed by atoms with Gasteiger partial charge in [0.1, 0.15) is 22.6 Å². The summed E-state index contributed by atoms with van der Waals surface area (Å²) in [5.74, 6) is -3.02. The molecular weight excluding hydrogens is 898 g/mol. The summed E-state index contributed by atoms with van der Waals surface area (Å²) in [7, 11) is 1.94. The van der Waals surface area contributed by atoms with Crippen LogP contribution < -0.4 is 21.7 Å². The van der Waals surface area contributed by atoms with Gasteiger partial charge < -0.3 is 51.0 Å². The third-order valence-corrected chi connectivity index (χ3v) is 13.6. The fraction of sp³-hybridized carbons (Fsp3) is 0.714. The molecule has 0 radical (unpaired) electrons. The number of nitrogens with zero attached hydrogens (tertiary/aromatic N) is 3. The van der Waals surface area contributed by atoms with Gasteiger partial charge in [0, 0.05) is 37.0 Å². The lowest BCUT2D eigenvalue weighted by Crippen LogP contribution is -2.59. The number of likely N-dealkylation sites (tertiary alicyclic amines) is 1. The van der Waals surface area contributed by atoms with Crippen molar-refractivity contribution in [2.45, 2.75) is 149 Å². The highest BCUT2D eigenvalue weighted by Gasteiger charge is 2.39. The maximum atomic E-state index is 15.1. The number of carbonyl (C=O) groups is 5. The molecule has 1 aliphatic heterocycles. The molecular formula is C49H80FN7O10S. The molecule has 1 aliphatic rings. The lowest BCUT2D eigenvalue weighted by molar-refractivity contribution is -0.147. The van der Waals surface area contributed by atoms with E-state index in [1.165, 1.54) is 17.5 Å². The van der Waals surface area contributed by atoms with Crippen molar-refractivity contribution in [3.05, 3.63) is 45.7 Å². The van der Waals surface area contributed by atoms with Crippen molar-refractivity contribution in [2.24, 2.45) is 17.3 Å². The first-order valence-electron chi connectivity index (χ1n) is 24.4. The minimum Gasteiger partial charge on any atom is -0.481 e. The highest BCUT2D eigenvalue weighted by molar-refractivity contribution is 7.09. The van der Waals surface area contributed by atoms with Crippen LogP contribution in [0.5, 0.6) is 0 Å². The van der Waals surface area contributed by atoms with Gasteiger partial charge in [-0.15, -0.1) is 11.3 Å². The fourth-order valence-corrected chi connectivity index (χ4v) is 9.12. The Morgan fingerprint density at radius 3 is 2.38 bits per heavy atom. The molecule has 0 aliphatic carbocycles. The number of aliphatic carboxylic acids is 1. The molecule has 2 aromatic rings. The molecule has 6 atom stereocenters. The van der Waals surface area contributed by atoms with Crippen molar-refractivity contribution in [2.75, 3.05) is 65.5 Å². The van der Waals surface area contributed by atoms with Gasteiger partial charge in [0.2, 0.25) is 11.8 Å². The number of thiazole rings is 1. The van der Waals surface area contributed by atoms with Crippen LogP contribution in [0.15, 0.2) is 23.6 Å². The lowest BCUT2D eigenvalue weighted by Gasteiger charge is -2.40. The average Bonchev–Trinajstić information content (AvgIpc) is 3.79. The molecule has 19 heteroatoms. The largest absolute Gasteiger partial charge is 0.481 e. The van der Waals surface area contributed by atoms with E-state index in [1.807, 2.05) is 44.5 Å². The first kappa shape index (κ1) is 57.9. The van der Waals surface area contributed by atoms with Crippen molar-refractivity contribution in [3.63, 3.8) is 0 Å². The first-order valence-corrected chi connectivity index (χ1v) is 25.3. The molecule has 1 saturated heterocycles. The van der Waals surface area contributed by atoms with Crippen LogP contribution in [0.2, 0.25) is 0 Å². The summed E-state index contributed by atoms with van der Waals surface area (Å²) in [5.41, 5.74) is 4.91. The number of carboxylic acids is 1. The molecule has 0 bridgehead atoms. The number of rotatable bonds is 31. The third-order valence-electron chi connectivity index (χ3n) is 12.6. The zero-order valence-corrected chi connectivity index (χ0v) is 42.5. The Kier molecular flexibility index (Phi) is 25.2. The zero-order valence-electron chi connectivity index (χ0n) is 41.7.